The Morgan fingerprint density at radius 3 is 2.71 bits per heavy atom. The van der Waals surface area contributed by atoms with E-state index in [-0.39, 0.29) is 12.2 Å². The van der Waals surface area contributed by atoms with Crippen LogP contribution in [-0.4, -0.2) is 23.7 Å². The van der Waals surface area contributed by atoms with Gasteiger partial charge in [-0.05, 0) is 26.3 Å². The molecule has 2 nitrogen and oxygen atoms in total. The van der Waals surface area contributed by atoms with Crippen LogP contribution in [0, 0.1) is 6.92 Å². The van der Waals surface area contributed by atoms with Gasteiger partial charge in [0.1, 0.15) is 0 Å². The molecule has 0 fully saturated rings. The van der Waals surface area contributed by atoms with Crippen LogP contribution in [0.15, 0.2) is 24.3 Å². The molecule has 0 aliphatic rings. The number of alkyl halides is 1. The SMILES string of the molecule is CCOCC(C)OC(CI)c1cccc(C)c1. The lowest BCUT2D eigenvalue weighted by molar-refractivity contribution is -0.0377. The second kappa shape index (κ2) is 8.06. The third-order valence-electron chi connectivity index (χ3n) is 2.51. The fourth-order valence-corrected chi connectivity index (χ4v) is 2.39. The molecule has 0 saturated heterocycles. The first-order chi connectivity index (χ1) is 8.17. The molecule has 2 atom stereocenters. The van der Waals surface area contributed by atoms with Gasteiger partial charge in [-0.15, -0.1) is 0 Å². The molecule has 0 bridgehead atoms. The van der Waals surface area contributed by atoms with Gasteiger partial charge in [-0.1, -0.05) is 52.4 Å². The zero-order chi connectivity index (χ0) is 12.7. The molecule has 0 radical (unpaired) electrons. The van der Waals surface area contributed by atoms with Gasteiger partial charge < -0.3 is 9.47 Å². The van der Waals surface area contributed by atoms with E-state index >= 15 is 0 Å². The summed E-state index contributed by atoms with van der Waals surface area (Å²) in [7, 11) is 0. The lowest BCUT2D eigenvalue weighted by atomic mass is 10.1. The number of hydrogen-bond donors (Lipinski definition) is 0. The molecule has 0 saturated carbocycles. The molecule has 2 unspecified atom stereocenters. The van der Waals surface area contributed by atoms with E-state index < -0.39 is 0 Å². The Morgan fingerprint density at radius 1 is 1.35 bits per heavy atom. The summed E-state index contributed by atoms with van der Waals surface area (Å²) in [4.78, 5) is 0. The predicted octanol–water partition coefficient (Wildman–Crippen LogP) is 3.91. The molecule has 1 aromatic rings. The van der Waals surface area contributed by atoms with Gasteiger partial charge in [-0.2, -0.15) is 0 Å². The van der Waals surface area contributed by atoms with Gasteiger partial charge in [-0.3, -0.25) is 0 Å². The Hall–Kier alpha value is -0.130. The minimum absolute atomic E-state index is 0.134. The summed E-state index contributed by atoms with van der Waals surface area (Å²) in [5.41, 5.74) is 2.53. The fourth-order valence-electron chi connectivity index (χ4n) is 1.68. The van der Waals surface area contributed by atoms with Crippen molar-refractivity contribution in [1.29, 1.82) is 0 Å². The van der Waals surface area contributed by atoms with Gasteiger partial charge in [0.2, 0.25) is 0 Å². The van der Waals surface area contributed by atoms with Crippen molar-refractivity contribution in [2.75, 3.05) is 17.6 Å². The van der Waals surface area contributed by atoms with Gasteiger partial charge >= 0.3 is 0 Å². The largest absolute Gasteiger partial charge is 0.379 e. The second-order valence-electron chi connectivity index (χ2n) is 4.16. The van der Waals surface area contributed by atoms with Crippen molar-refractivity contribution >= 4 is 22.6 Å². The van der Waals surface area contributed by atoms with Crippen LogP contribution in [0.5, 0.6) is 0 Å². The Balaban J connectivity index is 2.59. The van der Waals surface area contributed by atoms with Crippen molar-refractivity contribution in [2.45, 2.75) is 33.0 Å². The smallest absolute Gasteiger partial charge is 0.0919 e. The average molecular weight is 348 g/mol. The van der Waals surface area contributed by atoms with Crippen molar-refractivity contribution in [3.63, 3.8) is 0 Å². The zero-order valence-corrected chi connectivity index (χ0v) is 12.9. The third-order valence-corrected chi connectivity index (χ3v) is 3.31. The topological polar surface area (TPSA) is 18.5 Å². The third kappa shape index (κ3) is 5.36. The monoisotopic (exact) mass is 348 g/mol. The summed E-state index contributed by atoms with van der Waals surface area (Å²) in [6.45, 7) is 7.58. The van der Waals surface area contributed by atoms with Crippen LogP contribution in [0.3, 0.4) is 0 Å². The van der Waals surface area contributed by atoms with Crippen molar-refractivity contribution in [1.82, 2.24) is 0 Å². The zero-order valence-electron chi connectivity index (χ0n) is 10.8. The van der Waals surface area contributed by atoms with Gasteiger partial charge in [-0.25, -0.2) is 0 Å². The first-order valence-electron chi connectivity index (χ1n) is 6.03. The molecule has 17 heavy (non-hydrogen) atoms. The molecule has 0 aliphatic carbocycles. The molecule has 0 aromatic heterocycles. The molecule has 1 rings (SSSR count). The second-order valence-corrected chi connectivity index (χ2v) is 5.04. The van der Waals surface area contributed by atoms with Crippen LogP contribution in [0.1, 0.15) is 31.1 Å². The summed E-state index contributed by atoms with van der Waals surface area (Å²) < 4.78 is 12.3. The number of halogens is 1. The van der Waals surface area contributed by atoms with E-state index in [4.69, 9.17) is 9.47 Å². The molecule has 1 aromatic carbocycles. The van der Waals surface area contributed by atoms with Crippen molar-refractivity contribution in [2.24, 2.45) is 0 Å². The number of hydrogen-bond acceptors (Lipinski definition) is 2. The van der Waals surface area contributed by atoms with Crippen LogP contribution in [-0.2, 0) is 9.47 Å². The quantitative estimate of drug-likeness (QED) is 0.549. The highest BCUT2D eigenvalue weighted by molar-refractivity contribution is 14.1. The van der Waals surface area contributed by atoms with Crippen LogP contribution >= 0.6 is 22.6 Å². The average Bonchev–Trinajstić information content (AvgIpc) is 2.33. The Kier molecular flexibility index (Phi) is 7.08. The predicted molar refractivity (Wildman–Crippen MR) is 79.8 cm³/mol. The first kappa shape index (κ1) is 14.9. The molecular formula is C14H21IO2. The van der Waals surface area contributed by atoms with Crippen LogP contribution < -0.4 is 0 Å². The van der Waals surface area contributed by atoms with E-state index in [9.17, 15) is 0 Å². The summed E-state index contributed by atoms with van der Waals surface area (Å²) >= 11 is 2.37. The Labute approximate surface area is 118 Å². The summed E-state index contributed by atoms with van der Waals surface area (Å²) in [5.74, 6) is 0. The van der Waals surface area contributed by atoms with E-state index in [0.29, 0.717) is 6.61 Å². The lowest BCUT2D eigenvalue weighted by Crippen LogP contribution is -2.20. The number of benzene rings is 1. The highest BCUT2D eigenvalue weighted by Crippen LogP contribution is 2.22. The fraction of sp³-hybridized carbons (Fsp3) is 0.571. The van der Waals surface area contributed by atoms with Crippen molar-refractivity contribution in [3.8, 4) is 0 Å². The van der Waals surface area contributed by atoms with Gasteiger partial charge in [0.25, 0.3) is 0 Å². The van der Waals surface area contributed by atoms with Crippen molar-refractivity contribution < 1.29 is 9.47 Å². The molecule has 3 heteroatoms. The van der Waals surface area contributed by atoms with E-state index in [1.165, 1.54) is 11.1 Å². The molecule has 0 N–H and O–H groups in total. The molecule has 0 heterocycles. The maximum atomic E-state index is 6.01. The summed E-state index contributed by atoms with van der Waals surface area (Å²) in [5, 5.41) is 0. The lowest BCUT2D eigenvalue weighted by Gasteiger charge is -2.21. The standard InChI is InChI=1S/C14H21IO2/c1-4-16-10-12(3)17-14(9-15)13-7-5-6-11(2)8-13/h5-8,12,14H,4,9-10H2,1-3H3. The van der Waals surface area contributed by atoms with E-state index in [1.807, 2.05) is 6.92 Å². The van der Waals surface area contributed by atoms with E-state index in [1.54, 1.807) is 0 Å². The normalized spacial score (nSPS) is 14.6. The maximum absolute atomic E-state index is 6.01. The maximum Gasteiger partial charge on any atom is 0.0919 e. The summed E-state index contributed by atoms with van der Waals surface area (Å²) in [6.07, 6.45) is 0.293. The molecule has 96 valence electrons. The molecule has 0 amide bonds. The van der Waals surface area contributed by atoms with Gasteiger partial charge in [0.05, 0.1) is 18.8 Å². The summed E-state index contributed by atoms with van der Waals surface area (Å²) in [6, 6.07) is 8.51. The molecular weight excluding hydrogens is 327 g/mol. The Morgan fingerprint density at radius 2 is 2.12 bits per heavy atom. The minimum Gasteiger partial charge on any atom is -0.379 e. The van der Waals surface area contributed by atoms with Crippen LogP contribution in [0.2, 0.25) is 0 Å². The number of rotatable bonds is 7. The van der Waals surface area contributed by atoms with Crippen LogP contribution in [0.25, 0.3) is 0 Å². The first-order valence-corrected chi connectivity index (χ1v) is 7.55. The van der Waals surface area contributed by atoms with Crippen molar-refractivity contribution in [3.05, 3.63) is 35.4 Å². The molecule has 0 spiro atoms. The van der Waals surface area contributed by atoms with Gasteiger partial charge in [0, 0.05) is 11.0 Å². The highest BCUT2D eigenvalue weighted by atomic mass is 127. The number of ether oxygens (including phenoxy) is 2. The highest BCUT2D eigenvalue weighted by Gasteiger charge is 2.14. The van der Waals surface area contributed by atoms with E-state index in [0.717, 1.165) is 11.0 Å². The van der Waals surface area contributed by atoms with Crippen LogP contribution in [0.4, 0.5) is 0 Å². The van der Waals surface area contributed by atoms with E-state index in [2.05, 4.69) is 60.7 Å². The van der Waals surface area contributed by atoms with Gasteiger partial charge in [0.15, 0.2) is 0 Å². The molecule has 0 aliphatic heterocycles. The Bertz CT molecular complexity index is 328. The number of aryl methyl sites for hydroxylation is 1. The minimum atomic E-state index is 0.134.